The van der Waals surface area contributed by atoms with E-state index < -0.39 is 0 Å². The number of anilines is 1. The van der Waals surface area contributed by atoms with Crippen molar-refractivity contribution < 1.29 is 9.53 Å². The molecule has 1 aliphatic heterocycles. The van der Waals surface area contributed by atoms with Crippen molar-refractivity contribution >= 4 is 27.5 Å². The van der Waals surface area contributed by atoms with Crippen LogP contribution in [0.15, 0.2) is 18.2 Å². The first-order valence-electron chi connectivity index (χ1n) is 5.12. The molecule has 0 aliphatic carbocycles. The van der Waals surface area contributed by atoms with Crippen molar-refractivity contribution in [1.82, 2.24) is 0 Å². The molecule has 4 heteroatoms. The third kappa shape index (κ3) is 1.61. The number of alkyl halides is 1. The summed E-state index contributed by atoms with van der Waals surface area (Å²) in [5.74, 6) is 0.782. The van der Waals surface area contributed by atoms with E-state index in [1.807, 2.05) is 18.2 Å². The lowest BCUT2D eigenvalue weighted by Crippen LogP contribution is -2.30. The summed E-state index contributed by atoms with van der Waals surface area (Å²) < 4.78 is 5.12. The van der Waals surface area contributed by atoms with Gasteiger partial charge in [0.2, 0.25) is 5.91 Å². The van der Waals surface area contributed by atoms with Crippen LogP contribution in [-0.4, -0.2) is 19.6 Å². The number of para-hydroxylation sites is 1. The van der Waals surface area contributed by atoms with Crippen LogP contribution in [0, 0.1) is 0 Å². The van der Waals surface area contributed by atoms with Crippen LogP contribution < -0.4 is 9.64 Å². The Morgan fingerprint density at radius 2 is 2.25 bits per heavy atom. The first kappa shape index (κ1) is 11.5. The number of halogens is 1. The number of hydrogen-bond acceptors (Lipinski definition) is 2. The Morgan fingerprint density at radius 3 is 2.81 bits per heavy atom. The highest BCUT2D eigenvalue weighted by molar-refractivity contribution is 9.09. The minimum atomic E-state index is -0.192. The smallest absolute Gasteiger partial charge is 0.224 e. The number of ether oxygens (including phenoxy) is 1. The van der Waals surface area contributed by atoms with Gasteiger partial charge in [-0.3, -0.25) is 4.79 Å². The number of amides is 1. The lowest BCUT2D eigenvalue weighted by Gasteiger charge is -2.18. The van der Waals surface area contributed by atoms with Gasteiger partial charge < -0.3 is 9.64 Å². The molecule has 0 fully saturated rings. The van der Waals surface area contributed by atoms with E-state index in [1.54, 1.807) is 18.9 Å². The third-order valence-electron chi connectivity index (χ3n) is 2.89. The summed E-state index contributed by atoms with van der Waals surface area (Å²) in [6.45, 7) is 4.27. The standard InChI is InChI=1S/C12H14BrNO2/c1-8(15)14-7-12(2,13)9-5-4-6-10(16-3)11(9)14/h4-6H,7H2,1-3H3. The number of carbonyl (C=O) groups excluding carboxylic acids is 1. The largest absolute Gasteiger partial charge is 0.495 e. The molecular weight excluding hydrogens is 270 g/mol. The average molecular weight is 284 g/mol. The van der Waals surface area contributed by atoms with E-state index in [4.69, 9.17) is 4.74 Å². The monoisotopic (exact) mass is 283 g/mol. The quantitative estimate of drug-likeness (QED) is 0.742. The molecule has 0 saturated carbocycles. The first-order valence-corrected chi connectivity index (χ1v) is 5.91. The molecule has 1 atom stereocenters. The third-order valence-corrected chi connectivity index (χ3v) is 3.56. The Balaban J connectivity index is 2.63. The van der Waals surface area contributed by atoms with E-state index in [0.29, 0.717) is 6.54 Å². The van der Waals surface area contributed by atoms with Crippen molar-refractivity contribution in [3.05, 3.63) is 23.8 Å². The molecule has 0 bridgehead atoms. The molecule has 1 aromatic carbocycles. The van der Waals surface area contributed by atoms with E-state index >= 15 is 0 Å². The molecule has 2 rings (SSSR count). The maximum atomic E-state index is 11.6. The average Bonchev–Trinajstić information content (AvgIpc) is 2.51. The number of rotatable bonds is 1. The van der Waals surface area contributed by atoms with Gasteiger partial charge in [0.25, 0.3) is 0 Å². The maximum Gasteiger partial charge on any atom is 0.224 e. The Hall–Kier alpha value is -1.03. The molecule has 1 aromatic rings. The fourth-order valence-corrected chi connectivity index (χ4v) is 2.69. The van der Waals surface area contributed by atoms with Crippen molar-refractivity contribution in [3.8, 4) is 5.75 Å². The van der Waals surface area contributed by atoms with Crippen LogP contribution in [0.4, 0.5) is 5.69 Å². The van der Waals surface area contributed by atoms with Crippen molar-refractivity contribution in [2.75, 3.05) is 18.6 Å². The first-order chi connectivity index (χ1) is 7.47. The molecule has 1 aliphatic rings. The van der Waals surface area contributed by atoms with Crippen molar-refractivity contribution in [2.24, 2.45) is 0 Å². The summed E-state index contributed by atoms with van der Waals surface area (Å²) in [6, 6.07) is 5.85. The van der Waals surface area contributed by atoms with Gasteiger partial charge in [0, 0.05) is 13.5 Å². The van der Waals surface area contributed by atoms with Crippen LogP contribution in [0.1, 0.15) is 19.4 Å². The number of methoxy groups -OCH3 is 1. The Morgan fingerprint density at radius 1 is 1.56 bits per heavy atom. The van der Waals surface area contributed by atoms with Gasteiger partial charge in [0.1, 0.15) is 5.75 Å². The predicted molar refractivity (Wildman–Crippen MR) is 67.3 cm³/mol. The van der Waals surface area contributed by atoms with Crippen LogP contribution in [0.25, 0.3) is 0 Å². The van der Waals surface area contributed by atoms with Gasteiger partial charge in [0.15, 0.2) is 0 Å². The predicted octanol–water partition coefficient (Wildman–Crippen LogP) is 2.67. The summed E-state index contributed by atoms with van der Waals surface area (Å²) in [4.78, 5) is 13.4. The highest BCUT2D eigenvalue weighted by atomic mass is 79.9. The van der Waals surface area contributed by atoms with E-state index in [2.05, 4.69) is 22.9 Å². The molecule has 86 valence electrons. The summed E-state index contributed by atoms with van der Waals surface area (Å²) in [5.41, 5.74) is 1.99. The molecule has 0 aromatic heterocycles. The van der Waals surface area contributed by atoms with Gasteiger partial charge in [0.05, 0.1) is 17.1 Å². The SMILES string of the molecule is COc1cccc2c1N(C(C)=O)CC2(C)Br. The van der Waals surface area contributed by atoms with Gasteiger partial charge in [-0.15, -0.1) is 0 Å². The summed E-state index contributed by atoms with van der Waals surface area (Å²) in [6.07, 6.45) is 0. The van der Waals surface area contributed by atoms with E-state index in [9.17, 15) is 4.79 Å². The Kier molecular flexibility index (Phi) is 2.70. The number of fused-ring (bicyclic) bond motifs is 1. The van der Waals surface area contributed by atoms with Crippen molar-refractivity contribution in [2.45, 2.75) is 18.2 Å². The van der Waals surface area contributed by atoms with Gasteiger partial charge in [-0.1, -0.05) is 28.1 Å². The molecule has 16 heavy (non-hydrogen) atoms. The lowest BCUT2D eigenvalue weighted by atomic mass is 10.0. The second-order valence-electron chi connectivity index (χ2n) is 4.16. The topological polar surface area (TPSA) is 29.5 Å². The fraction of sp³-hybridized carbons (Fsp3) is 0.417. The minimum absolute atomic E-state index is 0.0360. The normalized spacial score (nSPS) is 23.1. The zero-order chi connectivity index (χ0) is 11.9. The maximum absolute atomic E-state index is 11.6. The van der Waals surface area contributed by atoms with Gasteiger partial charge in [-0.25, -0.2) is 0 Å². The molecule has 0 saturated heterocycles. The highest BCUT2D eigenvalue weighted by Gasteiger charge is 2.40. The molecular formula is C12H14BrNO2. The van der Waals surface area contributed by atoms with Gasteiger partial charge in [-0.05, 0) is 18.6 Å². The second-order valence-corrected chi connectivity index (χ2v) is 5.91. The molecule has 0 radical (unpaired) electrons. The van der Waals surface area contributed by atoms with Crippen LogP contribution in [-0.2, 0) is 9.12 Å². The summed E-state index contributed by atoms with van der Waals surface area (Å²) in [5, 5.41) is 0. The van der Waals surface area contributed by atoms with E-state index in [0.717, 1.165) is 17.0 Å². The van der Waals surface area contributed by atoms with Crippen LogP contribution in [0.2, 0.25) is 0 Å². The Bertz CT molecular complexity index is 443. The molecule has 1 unspecified atom stereocenters. The zero-order valence-corrected chi connectivity index (χ0v) is 11.2. The van der Waals surface area contributed by atoms with Crippen LogP contribution in [0.3, 0.4) is 0 Å². The fourth-order valence-electron chi connectivity index (χ4n) is 2.12. The summed E-state index contributed by atoms with van der Waals surface area (Å²) >= 11 is 3.66. The van der Waals surface area contributed by atoms with Crippen LogP contribution >= 0.6 is 15.9 Å². The highest BCUT2D eigenvalue weighted by Crippen LogP contribution is 2.48. The molecule has 1 amide bonds. The van der Waals surface area contributed by atoms with Crippen molar-refractivity contribution in [3.63, 3.8) is 0 Å². The van der Waals surface area contributed by atoms with Crippen molar-refractivity contribution in [1.29, 1.82) is 0 Å². The second kappa shape index (κ2) is 3.77. The molecule has 1 heterocycles. The number of nitrogens with zero attached hydrogens (tertiary/aromatic N) is 1. The van der Waals surface area contributed by atoms with E-state index in [-0.39, 0.29) is 10.2 Å². The summed E-state index contributed by atoms with van der Waals surface area (Å²) in [7, 11) is 1.62. The van der Waals surface area contributed by atoms with E-state index in [1.165, 1.54) is 0 Å². The number of benzene rings is 1. The lowest BCUT2D eigenvalue weighted by molar-refractivity contribution is -0.116. The number of hydrogen-bond donors (Lipinski definition) is 0. The van der Waals surface area contributed by atoms with Gasteiger partial charge >= 0.3 is 0 Å². The molecule has 0 spiro atoms. The van der Waals surface area contributed by atoms with Crippen LogP contribution in [0.5, 0.6) is 5.75 Å². The minimum Gasteiger partial charge on any atom is -0.495 e. The zero-order valence-electron chi connectivity index (χ0n) is 9.58. The molecule has 0 N–H and O–H groups in total. The number of carbonyl (C=O) groups is 1. The Labute approximate surface area is 104 Å². The van der Waals surface area contributed by atoms with Gasteiger partial charge in [-0.2, -0.15) is 0 Å². The molecule has 3 nitrogen and oxygen atoms in total.